The van der Waals surface area contributed by atoms with E-state index in [9.17, 15) is 15.0 Å². The van der Waals surface area contributed by atoms with Gasteiger partial charge in [0.2, 0.25) is 0 Å². The van der Waals surface area contributed by atoms with Gasteiger partial charge >= 0.3 is 5.97 Å². The predicted octanol–water partition coefficient (Wildman–Crippen LogP) is 3.72. The summed E-state index contributed by atoms with van der Waals surface area (Å²) >= 11 is 1.27. The van der Waals surface area contributed by atoms with E-state index in [4.69, 9.17) is 4.74 Å². The molecule has 1 heterocycles. The highest BCUT2D eigenvalue weighted by atomic mass is 32.1. The number of hydrogen-bond acceptors (Lipinski definition) is 4. The minimum Gasteiger partial charge on any atom is -0.489 e. The summed E-state index contributed by atoms with van der Waals surface area (Å²) in [4.78, 5) is 12.5. The molecule has 1 aliphatic rings. The first-order valence-corrected chi connectivity index (χ1v) is 8.58. The lowest BCUT2D eigenvalue weighted by atomic mass is 10.0. The van der Waals surface area contributed by atoms with Crippen molar-refractivity contribution in [3.05, 3.63) is 15.8 Å². The fourth-order valence-corrected chi connectivity index (χ4v) is 3.97. The summed E-state index contributed by atoms with van der Waals surface area (Å²) in [5.41, 5.74) is 0. The normalized spacial score (nSPS) is 17.0. The van der Waals surface area contributed by atoms with Gasteiger partial charge in [0.25, 0.3) is 0 Å². The maximum Gasteiger partial charge on any atom is 0.349 e. The molecule has 2 N–H and O–H groups in total. The third-order valence-corrected chi connectivity index (χ3v) is 5.12. The smallest absolute Gasteiger partial charge is 0.349 e. The van der Waals surface area contributed by atoms with E-state index in [-0.39, 0.29) is 11.5 Å². The highest BCUT2D eigenvalue weighted by Crippen LogP contribution is 2.32. The monoisotopic (exact) mass is 312 g/mol. The second-order valence-corrected chi connectivity index (χ2v) is 6.95. The topological polar surface area (TPSA) is 66.8 Å². The molecule has 0 saturated heterocycles. The van der Waals surface area contributed by atoms with Gasteiger partial charge < -0.3 is 14.9 Å². The number of hydrogen-bond donors (Lipinski definition) is 2. The molecule has 1 saturated carbocycles. The summed E-state index contributed by atoms with van der Waals surface area (Å²) in [6.07, 6.45) is 6.98. The minimum atomic E-state index is -0.956. The van der Waals surface area contributed by atoms with Gasteiger partial charge in [0.15, 0.2) is 4.88 Å². The molecule has 0 spiro atoms. The first-order valence-electron chi connectivity index (χ1n) is 7.77. The summed E-state index contributed by atoms with van der Waals surface area (Å²) < 4.78 is 5.58. The van der Waals surface area contributed by atoms with Gasteiger partial charge in [-0.15, -0.1) is 11.3 Å². The lowest BCUT2D eigenvalue weighted by Gasteiger charge is -2.15. The molecule has 1 aliphatic carbocycles. The van der Waals surface area contributed by atoms with Gasteiger partial charge in [-0.05, 0) is 24.8 Å². The van der Waals surface area contributed by atoms with Crippen LogP contribution in [0.15, 0.2) is 6.07 Å². The van der Waals surface area contributed by atoms with Crippen molar-refractivity contribution in [1.82, 2.24) is 0 Å². The van der Waals surface area contributed by atoms with E-state index in [1.54, 1.807) is 6.07 Å². The molecule has 1 aromatic rings. The van der Waals surface area contributed by atoms with Crippen LogP contribution in [0.25, 0.3) is 0 Å². The Morgan fingerprint density at radius 1 is 1.48 bits per heavy atom. The van der Waals surface area contributed by atoms with Gasteiger partial charge in [0, 0.05) is 4.88 Å². The second kappa shape index (κ2) is 7.80. The average molecular weight is 312 g/mol. The number of aliphatic hydroxyl groups is 1. The number of thiophene rings is 1. The highest BCUT2D eigenvalue weighted by Gasteiger charge is 2.21. The lowest BCUT2D eigenvalue weighted by Crippen LogP contribution is -2.20. The summed E-state index contributed by atoms with van der Waals surface area (Å²) in [6.45, 7) is 2.24. The van der Waals surface area contributed by atoms with Crippen LogP contribution in [0.3, 0.4) is 0 Å². The number of ether oxygens (including phenoxy) is 1. The van der Waals surface area contributed by atoms with Gasteiger partial charge in [0.05, 0.1) is 6.10 Å². The molecular formula is C16H24O4S. The standard InChI is InChI=1S/C16H24O4S/c1-2-5-13-9-14(15(21-13)16(18)19)20-10-12(17)8-11-6-3-4-7-11/h9,11-12,17H,2-8,10H2,1H3,(H,18,19). The molecule has 0 radical (unpaired) electrons. The summed E-state index contributed by atoms with van der Waals surface area (Å²) in [5.74, 6) is 0.0460. The van der Waals surface area contributed by atoms with E-state index in [1.807, 2.05) is 0 Å². The van der Waals surface area contributed by atoms with Crippen molar-refractivity contribution in [1.29, 1.82) is 0 Å². The average Bonchev–Trinajstić information content (AvgIpc) is 3.06. The van der Waals surface area contributed by atoms with Crippen molar-refractivity contribution in [3.8, 4) is 5.75 Å². The second-order valence-electron chi connectivity index (χ2n) is 5.81. The molecule has 21 heavy (non-hydrogen) atoms. The van der Waals surface area contributed by atoms with Gasteiger partial charge in [-0.3, -0.25) is 0 Å². The van der Waals surface area contributed by atoms with E-state index in [0.29, 0.717) is 11.7 Å². The first kappa shape index (κ1) is 16.3. The van der Waals surface area contributed by atoms with Crippen molar-refractivity contribution in [2.45, 2.75) is 58.0 Å². The Morgan fingerprint density at radius 2 is 2.19 bits per heavy atom. The Bertz CT molecular complexity index is 463. The minimum absolute atomic E-state index is 0.180. The number of aromatic carboxylic acids is 1. The van der Waals surface area contributed by atoms with Crippen LogP contribution >= 0.6 is 11.3 Å². The molecule has 1 unspecified atom stereocenters. The summed E-state index contributed by atoms with van der Waals surface area (Å²) in [7, 11) is 0. The molecule has 118 valence electrons. The molecule has 0 amide bonds. The number of carbonyl (C=O) groups is 1. The third kappa shape index (κ3) is 4.71. The molecule has 2 rings (SSSR count). The number of carboxylic acid groups (broad SMARTS) is 1. The molecular weight excluding hydrogens is 288 g/mol. The molecule has 1 atom stereocenters. The van der Waals surface area contributed by atoms with E-state index >= 15 is 0 Å². The lowest BCUT2D eigenvalue weighted by molar-refractivity contribution is 0.0679. The van der Waals surface area contributed by atoms with Crippen LogP contribution in [0.1, 0.15) is 60.0 Å². The Labute approximate surface area is 129 Å². The number of aliphatic hydroxyl groups excluding tert-OH is 1. The van der Waals surface area contributed by atoms with Crippen molar-refractivity contribution in [3.63, 3.8) is 0 Å². The zero-order valence-electron chi connectivity index (χ0n) is 12.5. The van der Waals surface area contributed by atoms with Crippen LogP contribution in [0.4, 0.5) is 0 Å². The Morgan fingerprint density at radius 3 is 2.81 bits per heavy atom. The molecule has 4 nitrogen and oxygen atoms in total. The summed E-state index contributed by atoms with van der Waals surface area (Å²) in [5, 5.41) is 19.3. The fourth-order valence-electron chi connectivity index (χ4n) is 2.93. The Kier molecular flexibility index (Phi) is 6.06. The molecule has 0 aromatic carbocycles. The maximum absolute atomic E-state index is 11.2. The predicted molar refractivity (Wildman–Crippen MR) is 83.4 cm³/mol. The van der Waals surface area contributed by atoms with Gasteiger partial charge in [-0.1, -0.05) is 39.0 Å². The summed E-state index contributed by atoms with van der Waals surface area (Å²) in [6, 6.07) is 1.81. The molecule has 1 fully saturated rings. The number of carboxylic acids is 1. The third-order valence-electron chi connectivity index (χ3n) is 3.95. The quantitative estimate of drug-likeness (QED) is 0.768. The molecule has 0 bridgehead atoms. The Hall–Kier alpha value is -1.07. The van der Waals surface area contributed by atoms with Gasteiger partial charge in [0.1, 0.15) is 12.4 Å². The van der Waals surface area contributed by atoms with Crippen LogP contribution in [0.5, 0.6) is 5.75 Å². The van der Waals surface area contributed by atoms with E-state index in [0.717, 1.165) is 24.1 Å². The van der Waals surface area contributed by atoms with E-state index < -0.39 is 12.1 Å². The molecule has 1 aromatic heterocycles. The van der Waals surface area contributed by atoms with Crippen molar-refractivity contribution < 1.29 is 19.7 Å². The Balaban J connectivity index is 1.90. The maximum atomic E-state index is 11.2. The van der Waals surface area contributed by atoms with Crippen molar-refractivity contribution in [2.24, 2.45) is 5.92 Å². The zero-order chi connectivity index (χ0) is 15.2. The van der Waals surface area contributed by atoms with Crippen LogP contribution in [-0.4, -0.2) is 28.9 Å². The highest BCUT2D eigenvalue weighted by molar-refractivity contribution is 7.14. The van der Waals surface area contributed by atoms with Crippen molar-refractivity contribution in [2.75, 3.05) is 6.61 Å². The van der Waals surface area contributed by atoms with Crippen LogP contribution in [0.2, 0.25) is 0 Å². The molecule has 5 heteroatoms. The van der Waals surface area contributed by atoms with E-state index in [1.165, 1.54) is 37.0 Å². The largest absolute Gasteiger partial charge is 0.489 e. The SMILES string of the molecule is CCCc1cc(OCC(O)CC2CCCC2)c(C(=O)O)s1. The zero-order valence-corrected chi connectivity index (χ0v) is 13.3. The van der Waals surface area contributed by atoms with Crippen LogP contribution < -0.4 is 4.74 Å². The van der Waals surface area contributed by atoms with Crippen molar-refractivity contribution >= 4 is 17.3 Å². The number of rotatable bonds is 8. The van der Waals surface area contributed by atoms with Crippen LogP contribution in [0, 0.1) is 5.92 Å². The molecule has 0 aliphatic heterocycles. The fraction of sp³-hybridized carbons (Fsp3) is 0.688. The van der Waals surface area contributed by atoms with Gasteiger partial charge in [-0.25, -0.2) is 4.79 Å². The van der Waals surface area contributed by atoms with Crippen LogP contribution in [-0.2, 0) is 6.42 Å². The van der Waals surface area contributed by atoms with Gasteiger partial charge in [-0.2, -0.15) is 0 Å². The van der Waals surface area contributed by atoms with E-state index in [2.05, 4.69) is 6.92 Å². The number of aryl methyl sites for hydroxylation is 1. The first-order chi connectivity index (χ1) is 10.1.